The Morgan fingerprint density at radius 2 is 2.26 bits per heavy atom. The van der Waals surface area contributed by atoms with Gasteiger partial charge in [0, 0.05) is 6.54 Å². The first-order valence-corrected chi connectivity index (χ1v) is 6.57. The highest BCUT2D eigenvalue weighted by Crippen LogP contribution is 2.25. The number of carbonyl (C=O) groups excluding carboxylic acids is 1. The van der Waals surface area contributed by atoms with Gasteiger partial charge in [0.05, 0.1) is 11.0 Å². The lowest BCUT2D eigenvalue weighted by Crippen LogP contribution is -2.32. The summed E-state index contributed by atoms with van der Waals surface area (Å²) in [6, 6.07) is 5.48. The molecule has 0 spiro atoms. The maximum Gasteiger partial charge on any atom is 0.242 e. The van der Waals surface area contributed by atoms with Gasteiger partial charge in [0.25, 0.3) is 0 Å². The monoisotopic (exact) mass is 260 g/mol. The van der Waals surface area contributed by atoms with Crippen LogP contribution in [0.3, 0.4) is 0 Å². The van der Waals surface area contributed by atoms with Crippen LogP contribution in [0.2, 0.25) is 0 Å². The molecule has 0 saturated heterocycles. The van der Waals surface area contributed by atoms with Crippen LogP contribution in [-0.4, -0.2) is 22.0 Å². The molecule has 102 valence electrons. The minimum Gasteiger partial charge on any atom is -0.369 e. The molecule has 0 radical (unpaired) electrons. The maximum absolute atomic E-state index is 12.1. The number of fused-ring (bicyclic) bond motifs is 1. The van der Waals surface area contributed by atoms with Gasteiger partial charge in [0.1, 0.15) is 6.04 Å². The van der Waals surface area contributed by atoms with Gasteiger partial charge in [-0.05, 0) is 31.9 Å². The molecule has 0 aliphatic heterocycles. The molecular formula is C14H20N4O. The first kappa shape index (κ1) is 13.4. The summed E-state index contributed by atoms with van der Waals surface area (Å²) in [5, 5.41) is 2.89. The lowest BCUT2D eigenvalue weighted by molar-refractivity contribution is -0.123. The minimum absolute atomic E-state index is 0.0314. The number of imidazole rings is 1. The van der Waals surface area contributed by atoms with Crippen LogP contribution in [0.15, 0.2) is 18.2 Å². The number of aromatic nitrogens is 2. The standard InChI is InChI=1S/C14H20N4O/c1-4-8-16-13(19)10(3)18-12-9(2)6-5-7-11(12)17-14(18)15/h5-7,10H,4,8H2,1-3H3,(H2,15,17)(H,16,19). The van der Waals surface area contributed by atoms with Gasteiger partial charge in [-0.3, -0.25) is 9.36 Å². The molecule has 2 aromatic rings. The van der Waals surface area contributed by atoms with Crippen molar-refractivity contribution in [2.75, 3.05) is 12.3 Å². The molecule has 3 N–H and O–H groups in total. The van der Waals surface area contributed by atoms with Crippen LogP contribution < -0.4 is 11.1 Å². The van der Waals surface area contributed by atoms with E-state index in [-0.39, 0.29) is 11.9 Å². The predicted octanol–water partition coefficient (Wildman–Crippen LogP) is 2.01. The number of benzene rings is 1. The Balaban J connectivity index is 2.44. The zero-order chi connectivity index (χ0) is 14.0. The van der Waals surface area contributed by atoms with Gasteiger partial charge in [-0.25, -0.2) is 4.98 Å². The maximum atomic E-state index is 12.1. The summed E-state index contributed by atoms with van der Waals surface area (Å²) in [7, 11) is 0. The van der Waals surface area contributed by atoms with Crippen LogP contribution in [0.5, 0.6) is 0 Å². The molecule has 1 aromatic heterocycles. The molecule has 1 atom stereocenters. The molecule has 1 heterocycles. The molecule has 0 aliphatic rings. The van der Waals surface area contributed by atoms with E-state index in [1.54, 1.807) is 4.57 Å². The van der Waals surface area contributed by atoms with E-state index in [4.69, 9.17) is 5.73 Å². The predicted molar refractivity (Wildman–Crippen MR) is 76.9 cm³/mol. The Bertz CT molecular complexity index is 603. The second-order valence-corrected chi connectivity index (χ2v) is 4.75. The number of para-hydroxylation sites is 1. The SMILES string of the molecule is CCCNC(=O)C(C)n1c(N)nc2cccc(C)c21. The number of amides is 1. The van der Waals surface area contributed by atoms with Crippen molar-refractivity contribution in [3.63, 3.8) is 0 Å². The summed E-state index contributed by atoms with van der Waals surface area (Å²) in [5.41, 5.74) is 8.78. The normalized spacial score (nSPS) is 12.6. The number of nitrogen functional groups attached to an aromatic ring is 1. The molecule has 0 saturated carbocycles. The average molecular weight is 260 g/mol. The molecular weight excluding hydrogens is 240 g/mol. The van der Waals surface area contributed by atoms with Crippen LogP contribution >= 0.6 is 0 Å². The van der Waals surface area contributed by atoms with Gasteiger partial charge < -0.3 is 11.1 Å². The summed E-state index contributed by atoms with van der Waals surface area (Å²) in [6.45, 7) is 6.54. The van der Waals surface area contributed by atoms with Crippen molar-refractivity contribution in [1.29, 1.82) is 0 Å². The van der Waals surface area contributed by atoms with Crippen molar-refractivity contribution < 1.29 is 4.79 Å². The highest BCUT2D eigenvalue weighted by atomic mass is 16.2. The quantitative estimate of drug-likeness (QED) is 0.883. The van der Waals surface area contributed by atoms with Crippen molar-refractivity contribution >= 4 is 22.9 Å². The smallest absolute Gasteiger partial charge is 0.242 e. The summed E-state index contributed by atoms with van der Waals surface area (Å²) >= 11 is 0. The van der Waals surface area contributed by atoms with Crippen molar-refractivity contribution in [3.05, 3.63) is 23.8 Å². The molecule has 2 rings (SSSR count). The van der Waals surface area contributed by atoms with Gasteiger partial charge >= 0.3 is 0 Å². The number of hydrogen-bond acceptors (Lipinski definition) is 3. The molecule has 5 nitrogen and oxygen atoms in total. The number of nitrogens with two attached hydrogens (primary N) is 1. The highest BCUT2D eigenvalue weighted by Gasteiger charge is 2.20. The Kier molecular flexibility index (Phi) is 3.74. The molecule has 0 bridgehead atoms. The van der Waals surface area contributed by atoms with Crippen LogP contribution in [0.4, 0.5) is 5.95 Å². The molecule has 5 heteroatoms. The van der Waals surface area contributed by atoms with E-state index in [0.29, 0.717) is 12.5 Å². The van der Waals surface area contributed by atoms with Crippen LogP contribution in [0.1, 0.15) is 31.9 Å². The number of rotatable bonds is 4. The van der Waals surface area contributed by atoms with E-state index >= 15 is 0 Å². The van der Waals surface area contributed by atoms with Gasteiger partial charge in [0.2, 0.25) is 11.9 Å². The first-order chi connectivity index (χ1) is 9.06. The minimum atomic E-state index is -0.363. The number of nitrogens with one attached hydrogen (secondary N) is 1. The Labute approximate surface area is 112 Å². The fourth-order valence-corrected chi connectivity index (χ4v) is 2.24. The largest absolute Gasteiger partial charge is 0.369 e. The van der Waals surface area contributed by atoms with E-state index in [2.05, 4.69) is 10.3 Å². The van der Waals surface area contributed by atoms with Crippen molar-refractivity contribution in [3.8, 4) is 0 Å². The second-order valence-electron chi connectivity index (χ2n) is 4.75. The fourth-order valence-electron chi connectivity index (χ4n) is 2.24. The van der Waals surface area contributed by atoms with E-state index in [1.807, 2.05) is 39.0 Å². The van der Waals surface area contributed by atoms with E-state index in [9.17, 15) is 4.79 Å². The summed E-state index contributed by atoms with van der Waals surface area (Å²) in [4.78, 5) is 16.4. The lowest BCUT2D eigenvalue weighted by Gasteiger charge is -2.16. The number of nitrogens with zero attached hydrogens (tertiary/aromatic N) is 2. The zero-order valence-corrected chi connectivity index (χ0v) is 11.6. The Hall–Kier alpha value is -2.04. The van der Waals surface area contributed by atoms with Crippen LogP contribution in [0, 0.1) is 6.92 Å². The van der Waals surface area contributed by atoms with E-state index in [0.717, 1.165) is 23.0 Å². The lowest BCUT2D eigenvalue weighted by atomic mass is 10.2. The van der Waals surface area contributed by atoms with Gasteiger partial charge in [-0.2, -0.15) is 0 Å². The third kappa shape index (κ3) is 2.41. The van der Waals surface area contributed by atoms with Gasteiger partial charge in [0.15, 0.2) is 0 Å². The first-order valence-electron chi connectivity index (χ1n) is 6.57. The summed E-state index contributed by atoms with van der Waals surface area (Å²) in [6.07, 6.45) is 0.914. The fraction of sp³-hybridized carbons (Fsp3) is 0.429. The molecule has 1 amide bonds. The second kappa shape index (κ2) is 5.30. The number of carbonyl (C=O) groups is 1. The average Bonchev–Trinajstić information content (AvgIpc) is 2.72. The van der Waals surface area contributed by atoms with Crippen LogP contribution in [-0.2, 0) is 4.79 Å². The molecule has 19 heavy (non-hydrogen) atoms. The number of aryl methyl sites for hydroxylation is 1. The number of anilines is 1. The highest BCUT2D eigenvalue weighted by molar-refractivity contribution is 5.87. The van der Waals surface area contributed by atoms with E-state index < -0.39 is 0 Å². The summed E-state index contributed by atoms with van der Waals surface area (Å²) < 4.78 is 1.80. The topological polar surface area (TPSA) is 72.9 Å². The zero-order valence-electron chi connectivity index (χ0n) is 11.6. The van der Waals surface area contributed by atoms with Gasteiger partial charge in [-0.1, -0.05) is 19.1 Å². The summed E-state index contributed by atoms with van der Waals surface area (Å²) in [5.74, 6) is 0.347. The van der Waals surface area contributed by atoms with E-state index in [1.165, 1.54) is 0 Å². The third-order valence-corrected chi connectivity index (χ3v) is 3.26. The molecule has 1 unspecified atom stereocenters. The van der Waals surface area contributed by atoms with Crippen molar-refractivity contribution in [2.45, 2.75) is 33.2 Å². The Morgan fingerprint density at radius 1 is 1.53 bits per heavy atom. The van der Waals surface area contributed by atoms with Crippen molar-refractivity contribution in [1.82, 2.24) is 14.9 Å². The number of hydrogen-bond donors (Lipinski definition) is 2. The third-order valence-electron chi connectivity index (χ3n) is 3.26. The molecule has 0 aliphatic carbocycles. The Morgan fingerprint density at radius 3 is 2.95 bits per heavy atom. The van der Waals surface area contributed by atoms with Crippen molar-refractivity contribution in [2.24, 2.45) is 0 Å². The molecule has 1 aromatic carbocycles. The van der Waals surface area contributed by atoms with Crippen LogP contribution in [0.25, 0.3) is 11.0 Å². The molecule has 0 fully saturated rings. The van der Waals surface area contributed by atoms with Gasteiger partial charge in [-0.15, -0.1) is 0 Å².